The minimum Gasteiger partial charge on any atom is -0.356 e. The molecule has 1 aliphatic rings. The third-order valence-corrected chi connectivity index (χ3v) is 2.45. The maximum absolute atomic E-state index is 11.5. The zero-order chi connectivity index (χ0) is 8.97. The Morgan fingerprint density at radius 3 is 3.00 bits per heavy atom. The van der Waals surface area contributed by atoms with Gasteiger partial charge in [-0.25, -0.2) is 0 Å². The van der Waals surface area contributed by atoms with E-state index in [4.69, 9.17) is 0 Å². The summed E-state index contributed by atoms with van der Waals surface area (Å²) in [7, 11) is 0. The average Bonchev–Trinajstić information content (AvgIpc) is 2.05. The van der Waals surface area contributed by atoms with Crippen molar-refractivity contribution in [3.8, 4) is 0 Å². The van der Waals surface area contributed by atoms with Gasteiger partial charge in [-0.3, -0.25) is 4.79 Å². The molecule has 1 saturated heterocycles. The van der Waals surface area contributed by atoms with Crippen LogP contribution in [0.1, 0.15) is 26.7 Å². The van der Waals surface area contributed by atoms with Gasteiger partial charge in [0.05, 0.1) is 5.92 Å². The van der Waals surface area contributed by atoms with Gasteiger partial charge < -0.3 is 10.6 Å². The van der Waals surface area contributed by atoms with Crippen LogP contribution in [0, 0.1) is 5.92 Å². The van der Waals surface area contributed by atoms with E-state index >= 15 is 0 Å². The highest BCUT2D eigenvalue weighted by Crippen LogP contribution is 2.15. The fraction of sp³-hybridized carbons (Fsp3) is 0.889. The quantitative estimate of drug-likeness (QED) is 0.634. The number of hydrogen-bond acceptors (Lipinski definition) is 2. The molecule has 3 nitrogen and oxygen atoms in total. The van der Waals surface area contributed by atoms with E-state index in [0.717, 1.165) is 25.9 Å². The molecule has 70 valence electrons. The van der Waals surface area contributed by atoms with Gasteiger partial charge in [-0.15, -0.1) is 0 Å². The smallest absolute Gasteiger partial charge is 0.224 e. The van der Waals surface area contributed by atoms with E-state index in [-0.39, 0.29) is 11.8 Å². The van der Waals surface area contributed by atoms with Crippen molar-refractivity contribution in [2.75, 3.05) is 13.1 Å². The van der Waals surface area contributed by atoms with E-state index in [1.807, 2.05) is 6.92 Å². The second-order valence-electron chi connectivity index (χ2n) is 3.39. The lowest BCUT2D eigenvalue weighted by atomic mass is 9.91. The van der Waals surface area contributed by atoms with Crippen LogP contribution >= 0.6 is 0 Å². The molecule has 3 heteroatoms. The molecular weight excluding hydrogens is 152 g/mol. The number of carbonyl (C=O) groups excluding carboxylic acids is 1. The minimum absolute atomic E-state index is 0.179. The zero-order valence-corrected chi connectivity index (χ0v) is 7.89. The molecule has 0 aromatic carbocycles. The molecule has 0 radical (unpaired) electrons. The van der Waals surface area contributed by atoms with Crippen LogP contribution in [0.2, 0.25) is 0 Å². The van der Waals surface area contributed by atoms with E-state index in [0.29, 0.717) is 6.04 Å². The highest BCUT2D eigenvalue weighted by Gasteiger charge is 2.26. The molecule has 0 aliphatic carbocycles. The van der Waals surface area contributed by atoms with Gasteiger partial charge in [0.1, 0.15) is 0 Å². The molecular formula is C9H18N2O. The molecule has 2 atom stereocenters. The van der Waals surface area contributed by atoms with Crippen molar-refractivity contribution in [3.05, 3.63) is 0 Å². The van der Waals surface area contributed by atoms with Crippen LogP contribution in [0.15, 0.2) is 0 Å². The lowest BCUT2D eigenvalue weighted by Crippen LogP contribution is -2.46. The maximum atomic E-state index is 11.5. The molecule has 0 aromatic rings. The Balaban J connectivity index is 2.42. The summed E-state index contributed by atoms with van der Waals surface area (Å²) < 4.78 is 0. The van der Waals surface area contributed by atoms with Gasteiger partial charge in [-0.1, -0.05) is 0 Å². The second-order valence-corrected chi connectivity index (χ2v) is 3.39. The molecule has 2 N–H and O–H groups in total. The van der Waals surface area contributed by atoms with Gasteiger partial charge in [-0.05, 0) is 33.2 Å². The first-order valence-corrected chi connectivity index (χ1v) is 4.76. The van der Waals surface area contributed by atoms with E-state index in [1.165, 1.54) is 0 Å². The van der Waals surface area contributed by atoms with Crippen LogP contribution in [0.3, 0.4) is 0 Å². The Morgan fingerprint density at radius 1 is 1.67 bits per heavy atom. The van der Waals surface area contributed by atoms with Gasteiger partial charge in [0.15, 0.2) is 0 Å². The highest BCUT2D eigenvalue weighted by molar-refractivity contribution is 5.79. The van der Waals surface area contributed by atoms with Crippen molar-refractivity contribution in [2.45, 2.75) is 32.7 Å². The maximum Gasteiger partial charge on any atom is 0.224 e. The fourth-order valence-corrected chi connectivity index (χ4v) is 1.71. The fourth-order valence-electron chi connectivity index (χ4n) is 1.71. The Bertz CT molecular complexity index is 159. The van der Waals surface area contributed by atoms with E-state index in [9.17, 15) is 4.79 Å². The lowest BCUT2D eigenvalue weighted by molar-refractivity contribution is -0.126. The first-order chi connectivity index (χ1) is 5.75. The summed E-state index contributed by atoms with van der Waals surface area (Å²) in [5, 5.41) is 6.18. The van der Waals surface area contributed by atoms with Gasteiger partial charge in [0.2, 0.25) is 5.91 Å². The van der Waals surface area contributed by atoms with Crippen molar-refractivity contribution in [1.82, 2.24) is 10.6 Å². The predicted molar refractivity (Wildman–Crippen MR) is 48.9 cm³/mol. The van der Waals surface area contributed by atoms with Crippen molar-refractivity contribution in [1.29, 1.82) is 0 Å². The van der Waals surface area contributed by atoms with E-state index < -0.39 is 0 Å². The predicted octanol–water partition coefficient (Wildman–Crippen LogP) is 0.511. The van der Waals surface area contributed by atoms with Crippen molar-refractivity contribution >= 4 is 5.91 Å². The van der Waals surface area contributed by atoms with E-state index in [1.54, 1.807) is 0 Å². The molecule has 0 bridgehead atoms. The SMILES string of the molecule is CCNC(=O)[C@H]1CCCN[C@H]1C. The van der Waals surface area contributed by atoms with Crippen molar-refractivity contribution in [2.24, 2.45) is 5.92 Å². The monoisotopic (exact) mass is 170 g/mol. The average molecular weight is 170 g/mol. The largest absolute Gasteiger partial charge is 0.356 e. The normalized spacial score (nSPS) is 29.8. The summed E-state index contributed by atoms with van der Waals surface area (Å²) in [6, 6.07) is 0.338. The van der Waals surface area contributed by atoms with Gasteiger partial charge >= 0.3 is 0 Å². The molecule has 1 rings (SSSR count). The van der Waals surface area contributed by atoms with Crippen LogP contribution in [0.25, 0.3) is 0 Å². The van der Waals surface area contributed by atoms with Crippen LogP contribution in [0.5, 0.6) is 0 Å². The third kappa shape index (κ3) is 2.21. The third-order valence-electron chi connectivity index (χ3n) is 2.45. The standard InChI is InChI=1S/C9H18N2O/c1-3-10-9(12)8-5-4-6-11-7(8)2/h7-8,11H,3-6H2,1-2H3,(H,10,12)/t7-,8-/m0/s1. The number of piperidine rings is 1. The summed E-state index contributed by atoms with van der Waals surface area (Å²) >= 11 is 0. The number of rotatable bonds is 2. The van der Waals surface area contributed by atoms with E-state index in [2.05, 4.69) is 17.6 Å². The minimum atomic E-state index is 0.179. The lowest BCUT2D eigenvalue weighted by Gasteiger charge is -2.28. The summed E-state index contributed by atoms with van der Waals surface area (Å²) in [5.41, 5.74) is 0. The second kappa shape index (κ2) is 4.45. The molecule has 1 aliphatic heterocycles. The number of nitrogens with one attached hydrogen (secondary N) is 2. The Labute approximate surface area is 73.9 Å². The summed E-state index contributed by atoms with van der Waals surface area (Å²) in [6.07, 6.45) is 2.14. The Kier molecular flexibility index (Phi) is 3.53. The Hall–Kier alpha value is -0.570. The summed E-state index contributed by atoms with van der Waals surface area (Å²) in [6.45, 7) is 5.83. The van der Waals surface area contributed by atoms with Crippen molar-refractivity contribution in [3.63, 3.8) is 0 Å². The molecule has 12 heavy (non-hydrogen) atoms. The first-order valence-electron chi connectivity index (χ1n) is 4.76. The van der Waals surface area contributed by atoms with Crippen molar-refractivity contribution < 1.29 is 4.79 Å². The van der Waals surface area contributed by atoms with Gasteiger partial charge in [-0.2, -0.15) is 0 Å². The topological polar surface area (TPSA) is 41.1 Å². The molecule has 1 amide bonds. The first kappa shape index (κ1) is 9.52. The molecule has 0 unspecified atom stereocenters. The number of carbonyl (C=O) groups is 1. The molecule has 0 saturated carbocycles. The summed E-state index contributed by atoms with van der Waals surface area (Å²) in [4.78, 5) is 11.5. The zero-order valence-electron chi connectivity index (χ0n) is 7.89. The van der Waals surface area contributed by atoms with Crippen LogP contribution < -0.4 is 10.6 Å². The summed E-state index contributed by atoms with van der Waals surface area (Å²) in [5.74, 6) is 0.385. The number of amides is 1. The number of hydrogen-bond donors (Lipinski definition) is 2. The molecule has 0 spiro atoms. The van der Waals surface area contributed by atoms with Crippen LogP contribution in [-0.4, -0.2) is 25.0 Å². The van der Waals surface area contributed by atoms with Crippen LogP contribution in [-0.2, 0) is 4.79 Å². The molecule has 1 fully saturated rings. The highest BCUT2D eigenvalue weighted by atomic mass is 16.1. The molecule has 1 heterocycles. The Morgan fingerprint density at radius 2 is 2.42 bits per heavy atom. The molecule has 0 aromatic heterocycles. The van der Waals surface area contributed by atoms with Gasteiger partial charge in [0.25, 0.3) is 0 Å². The van der Waals surface area contributed by atoms with Gasteiger partial charge in [0, 0.05) is 12.6 Å². The van der Waals surface area contributed by atoms with Crippen LogP contribution in [0.4, 0.5) is 0 Å².